The third kappa shape index (κ3) is 2.40. The van der Waals surface area contributed by atoms with Gasteiger partial charge in [0.05, 0.1) is 17.7 Å². The van der Waals surface area contributed by atoms with Crippen LogP contribution in [0.1, 0.15) is 30.3 Å². The summed E-state index contributed by atoms with van der Waals surface area (Å²) in [6, 6.07) is 0. The van der Waals surface area contributed by atoms with E-state index < -0.39 is 0 Å². The van der Waals surface area contributed by atoms with Crippen LogP contribution in [0.4, 0.5) is 0 Å². The van der Waals surface area contributed by atoms with Gasteiger partial charge >= 0.3 is 0 Å². The van der Waals surface area contributed by atoms with Crippen LogP contribution >= 0.6 is 11.3 Å². The van der Waals surface area contributed by atoms with Crippen LogP contribution in [-0.4, -0.2) is 27.6 Å². The van der Waals surface area contributed by atoms with Crippen molar-refractivity contribution in [1.29, 1.82) is 0 Å². The molecular weight excluding hydrogens is 232 g/mol. The summed E-state index contributed by atoms with van der Waals surface area (Å²) in [4.78, 5) is 8.85. The second-order valence-electron chi connectivity index (χ2n) is 4.44. The zero-order chi connectivity index (χ0) is 11.5. The van der Waals surface area contributed by atoms with Gasteiger partial charge in [0.25, 0.3) is 0 Å². The highest BCUT2D eigenvalue weighted by molar-refractivity contribution is 7.07. The van der Waals surface area contributed by atoms with Crippen LogP contribution in [0.25, 0.3) is 0 Å². The zero-order valence-corrected chi connectivity index (χ0v) is 10.5. The molecule has 0 bridgehead atoms. The number of aromatic nitrogens is 3. The Morgan fingerprint density at radius 3 is 3.24 bits per heavy atom. The predicted molar refractivity (Wildman–Crippen MR) is 68.3 cm³/mol. The molecule has 90 valence electrons. The average Bonchev–Trinajstić information content (AvgIpc) is 3.02. The summed E-state index contributed by atoms with van der Waals surface area (Å²) in [6.45, 7) is 3.03. The molecule has 1 N–H and O–H groups in total. The lowest BCUT2D eigenvalue weighted by molar-refractivity contribution is 0.435. The molecule has 1 saturated heterocycles. The van der Waals surface area contributed by atoms with Crippen LogP contribution in [0, 0.1) is 0 Å². The van der Waals surface area contributed by atoms with Crippen molar-refractivity contribution in [3.8, 4) is 0 Å². The molecule has 0 amide bonds. The van der Waals surface area contributed by atoms with Gasteiger partial charge in [-0.25, -0.2) is 9.97 Å². The number of thiazole rings is 1. The third-order valence-electron chi connectivity index (χ3n) is 3.23. The van der Waals surface area contributed by atoms with E-state index >= 15 is 0 Å². The summed E-state index contributed by atoms with van der Waals surface area (Å²) in [7, 11) is 0. The molecule has 0 saturated carbocycles. The van der Waals surface area contributed by atoms with E-state index in [1.807, 2.05) is 11.7 Å². The number of hydrogen-bond acceptors (Lipinski definition) is 4. The molecule has 3 rings (SSSR count). The summed E-state index contributed by atoms with van der Waals surface area (Å²) in [5, 5.41) is 5.54. The van der Waals surface area contributed by atoms with Gasteiger partial charge < -0.3 is 9.88 Å². The highest BCUT2D eigenvalue weighted by Crippen LogP contribution is 2.22. The number of rotatable bonds is 3. The van der Waals surface area contributed by atoms with E-state index in [4.69, 9.17) is 0 Å². The molecule has 0 aliphatic carbocycles. The molecule has 4 nitrogen and oxygen atoms in total. The Balaban J connectivity index is 1.78. The van der Waals surface area contributed by atoms with Gasteiger partial charge in [0.2, 0.25) is 0 Å². The lowest BCUT2D eigenvalue weighted by atomic mass is 9.99. The van der Waals surface area contributed by atoms with Gasteiger partial charge in [-0.2, -0.15) is 0 Å². The molecule has 1 aliphatic heterocycles. The summed E-state index contributed by atoms with van der Waals surface area (Å²) in [6.07, 6.45) is 6.44. The molecule has 17 heavy (non-hydrogen) atoms. The molecule has 0 unspecified atom stereocenters. The lowest BCUT2D eigenvalue weighted by Crippen LogP contribution is -2.30. The van der Waals surface area contributed by atoms with Gasteiger partial charge in [-0.1, -0.05) is 0 Å². The van der Waals surface area contributed by atoms with Crippen molar-refractivity contribution in [2.75, 3.05) is 13.1 Å². The van der Waals surface area contributed by atoms with Crippen molar-refractivity contribution in [3.05, 3.63) is 34.8 Å². The minimum atomic E-state index is 0.553. The number of nitrogens with zero attached hydrogens (tertiary/aromatic N) is 3. The molecule has 1 atom stereocenters. The Kier molecular flexibility index (Phi) is 3.20. The van der Waals surface area contributed by atoms with Crippen molar-refractivity contribution < 1.29 is 0 Å². The van der Waals surface area contributed by atoms with Gasteiger partial charge in [-0.05, 0) is 19.4 Å². The van der Waals surface area contributed by atoms with Gasteiger partial charge in [-0.3, -0.25) is 0 Å². The SMILES string of the molecule is c1cn(Cc2cscn2)c([C@H]2CCCNC2)n1. The molecule has 2 aromatic rings. The second-order valence-corrected chi connectivity index (χ2v) is 5.16. The maximum atomic E-state index is 4.52. The number of hydrogen-bond donors (Lipinski definition) is 1. The summed E-state index contributed by atoms with van der Waals surface area (Å²) < 4.78 is 2.23. The number of imidazole rings is 1. The average molecular weight is 248 g/mol. The number of piperidine rings is 1. The molecule has 2 aromatic heterocycles. The second kappa shape index (κ2) is 4.98. The van der Waals surface area contributed by atoms with E-state index in [2.05, 4.69) is 31.4 Å². The predicted octanol–water partition coefficient (Wildman–Crippen LogP) is 1.85. The van der Waals surface area contributed by atoms with E-state index in [1.165, 1.54) is 18.7 Å². The Labute approximate surface area is 105 Å². The van der Waals surface area contributed by atoms with Crippen LogP contribution in [0.5, 0.6) is 0 Å². The Hall–Kier alpha value is -1.20. The fraction of sp³-hybridized carbons (Fsp3) is 0.500. The first-order valence-electron chi connectivity index (χ1n) is 6.02. The Morgan fingerprint density at radius 2 is 2.47 bits per heavy atom. The van der Waals surface area contributed by atoms with Crippen molar-refractivity contribution in [3.63, 3.8) is 0 Å². The molecule has 3 heterocycles. The van der Waals surface area contributed by atoms with Crippen molar-refractivity contribution >= 4 is 11.3 Å². The molecule has 0 radical (unpaired) electrons. The first-order chi connectivity index (χ1) is 8.43. The van der Waals surface area contributed by atoms with Crippen LogP contribution < -0.4 is 5.32 Å². The summed E-state index contributed by atoms with van der Waals surface area (Å²) >= 11 is 1.65. The summed E-state index contributed by atoms with van der Waals surface area (Å²) in [5.74, 6) is 1.75. The minimum Gasteiger partial charge on any atom is -0.329 e. The van der Waals surface area contributed by atoms with Crippen LogP contribution in [0.3, 0.4) is 0 Å². The van der Waals surface area contributed by atoms with Crippen LogP contribution in [0.2, 0.25) is 0 Å². The zero-order valence-electron chi connectivity index (χ0n) is 9.67. The minimum absolute atomic E-state index is 0.553. The molecule has 0 aromatic carbocycles. The van der Waals surface area contributed by atoms with Gasteiger partial charge in [0, 0.05) is 30.2 Å². The fourth-order valence-corrected chi connectivity index (χ4v) is 2.93. The highest BCUT2D eigenvalue weighted by Gasteiger charge is 2.19. The van der Waals surface area contributed by atoms with E-state index in [-0.39, 0.29) is 0 Å². The van der Waals surface area contributed by atoms with Crippen LogP contribution in [-0.2, 0) is 6.54 Å². The van der Waals surface area contributed by atoms with Gasteiger partial charge in [0.1, 0.15) is 5.82 Å². The van der Waals surface area contributed by atoms with Gasteiger partial charge in [-0.15, -0.1) is 11.3 Å². The van der Waals surface area contributed by atoms with Crippen molar-refractivity contribution in [2.24, 2.45) is 0 Å². The normalized spacial score (nSPS) is 20.6. The molecule has 0 spiro atoms. The molecular formula is C12H16N4S. The standard InChI is InChI=1S/C12H16N4S/c1-2-10(6-13-3-1)12-14-4-5-16(12)7-11-8-17-9-15-11/h4-5,8-10,13H,1-3,6-7H2/t10-/m0/s1. The van der Waals surface area contributed by atoms with Crippen molar-refractivity contribution in [1.82, 2.24) is 19.9 Å². The summed E-state index contributed by atoms with van der Waals surface area (Å²) in [5.41, 5.74) is 3.01. The quantitative estimate of drug-likeness (QED) is 0.901. The van der Waals surface area contributed by atoms with E-state index in [1.54, 1.807) is 11.3 Å². The third-order valence-corrected chi connectivity index (χ3v) is 3.86. The molecule has 1 fully saturated rings. The largest absolute Gasteiger partial charge is 0.329 e. The monoisotopic (exact) mass is 248 g/mol. The Bertz CT molecular complexity index is 457. The smallest absolute Gasteiger partial charge is 0.113 e. The topological polar surface area (TPSA) is 42.7 Å². The first-order valence-corrected chi connectivity index (χ1v) is 6.96. The van der Waals surface area contributed by atoms with Crippen molar-refractivity contribution in [2.45, 2.75) is 25.3 Å². The highest BCUT2D eigenvalue weighted by atomic mass is 32.1. The van der Waals surface area contributed by atoms with Crippen LogP contribution in [0.15, 0.2) is 23.3 Å². The molecule has 1 aliphatic rings. The van der Waals surface area contributed by atoms with E-state index in [9.17, 15) is 0 Å². The van der Waals surface area contributed by atoms with E-state index in [0.29, 0.717) is 5.92 Å². The van der Waals surface area contributed by atoms with E-state index in [0.717, 1.165) is 25.3 Å². The maximum Gasteiger partial charge on any atom is 0.113 e. The maximum absolute atomic E-state index is 4.52. The van der Waals surface area contributed by atoms with Gasteiger partial charge in [0.15, 0.2) is 0 Å². The Morgan fingerprint density at radius 1 is 1.47 bits per heavy atom. The first kappa shape index (κ1) is 10.9. The molecule has 5 heteroatoms. The lowest BCUT2D eigenvalue weighted by Gasteiger charge is -2.22. The number of nitrogens with one attached hydrogen (secondary N) is 1. The fourth-order valence-electron chi connectivity index (χ4n) is 2.38.